The summed E-state index contributed by atoms with van der Waals surface area (Å²) in [7, 11) is -2.92. The Morgan fingerprint density at radius 2 is 2.05 bits per heavy atom. The van der Waals surface area contributed by atoms with E-state index in [0.29, 0.717) is 25.2 Å². The molecule has 1 heterocycles. The smallest absolute Gasteiger partial charge is 0.155 e. The molecule has 0 amide bonds. The highest BCUT2D eigenvalue weighted by Gasteiger charge is 2.45. The second-order valence-electron chi connectivity index (χ2n) is 6.10. The number of allylic oxidation sites excluding steroid dienone is 1. The monoisotopic (exact) mass is 322 g/mol. The predicted molar refractivity (Wildman–Crippen MR) is 91.3 cm³/mol. The molecule has 0 spiro atoms. The lowest BCUT2D eigenvalue weighted by Gasteiger charge is -2.26. The maximum atomic E-state index is 12.2. The molecule has 0 aromatic heterocycles. The molecule has 4 heteroatoms. The summed E-state index contributed by atoms with van der Waals surface area (Å²) in [6, 6.07) is 10.1. The SMILES string of the molecule is CCC1(CCCO/C=C(/C)c2ccccc2)CCCS1(=O)=O. The van der Waals surface area contributed by atoms with Crippen LogP contribution in [0.25, 0.3) is 5.57 Å². The van der Waals surface area contributed by atoms with Gasteiger partial charge in [0.05, 0.1) is 23.4 Å². The topological polar surface area (TPSA) is 43.4 Å². The van der Waals surface area contributed by atoms with Crippen LogP contribution in [0.5, 0.6) is 0 Å². The van der Waals surface area contributed by atoms with Crippen molar-refractivity contribution in [1.29, 1.82) is 0 Å². The molecule has 0 aliphatic carbocycles. The van der Waals surface area contributed by atoms with Gasteiger partial charge in [0.2, 0.25) is 0 Å². The van der Waals surface area contributed by atoms with Gasteiger partial charge in [0, 0.05) is 0 Å². The summed E-state index contributed by atoms with van der Waals surface area (Å²) in [5.41, 5.74) is 2.23. The van der Waals surface area contributed by atoms with Gasteiger partial charge in [-0.1, -0.05) is 37.3 Å². The molecule has 0 N–H and O–H groups in total. The molecule has 0 bridgehead atoms. The molecule has 1 aromatic rings. The van der Waals surface area contributed by atoms with E-state index >= 15 is 0 Å². The molecule has 1 aliphatic rings. The van der Waals surface area contributed by atoms with E-state index in [9.17, 15) is 8.42 Å². The Morgan fingerprint density at radius 1 is 1.32 bits per heavy atom. The van der Waals surface area contributed by atoms with Gasteiger partial charge in [-0.2, -0.15) is 0 Å². The number of hydrogen-bond donors (Lipinski definition) is 0. The lowest BCUT2D eigenvalue weighted by Crippen LogP contribution is -2.34. The van der Waals surface area contributed by atoms with E-state index in [1.165, 1.54) is 0 Å². The van der Waals surface area contributed by atoms with Crippen LogP contribution >= 0.6 is 0 Å². The quantitative estimate of drug-likeness (QED) is 0.558. The van der Waals surface area contributed by atoms with Crippen molar-refractivity contribution in [3.05, 3.63) is 42.2 Å². The Balaban J connectivity index is 1.82. The molecule has 1 aromatic carbocycles. The fraction of sp³-hybridized carbons (Fsp3) is 0.556. The van der Waals surface area contributed by atoms with Gasteiger partial charge >= 0.3 is 0 Å². The number of ether oxygens (including phenoxy) is 1. The summed E-state index contributed by atoms with van der Waals surface area (Å²) >= 11 is 0. The minimum absolute atomic E-state index is 0.356. The number of benzene rings is 1. The van der Waals surface area contributed by atoms with E-state index in [4.69, 9.17) is 4.74 Å². The first-order chi connectivity index (χ1) is 10.5. The Bertz CT molecular complexity index is 604. The van der Waals surface area contributed by atoms with Crippen LogP contribution in [0.2, 0.25) is 0 Å². The number of hydrogen-bond acceptors (Lipinski definition) is 3. The van der Waals surface area contributed by atoms with Crippen LogP contribution in [0.1, 0.15) is 51.5 Å². The summed E-state index contributed by atoms with van der Waals surface area (Å²) in [4.78, 5) is 0. The molecular formula is C18H26O3S. The van der Waals surface area contributed by atoms with Crippen molar-refractivity contribution in [2.24, 2.45) is 0 Å². The van der Waals surface area contributed by atoms with E-state index in [1.807, 2.05) is 44.2 Å². The van der Waals surface area contributed by atoms with Crippen LogP contribution in [0.4, 0.5) is 0 Å². The Labute approximate surface area is 134 Å². The van der Waals surface area contributed by atoms with Gasteiger partial charge in [-0.3, -0.25) is 0 Å². The fourth-order valence-electron chi connectivity index (χ4n) is 3.24. The Morgan fingerprint density at radius 3 is 2.64 bits per heavy atom. The van der Waals surface area contributed by atoms with Crippen molar-refractivity contribution in [3.8, 4) is 0 Å². The first-order valence-electron chi connectivity index (χ1n) is 8.07. The van der Waals surface area contributed by atoms with Gasteiger partial charge < -0.3 is 4.74 Å². The molecule has 0 saturated carbocycles. The van der Waals surface area contributed by atoms with E-state index in [0.717, 1.165) is 30.4 Å². The van der Waals surface area contributed by atoms with Crippen LogP contribution in [0, 0.1) is 0 Å². The minimum Gasteiger partial charge on any atom is -0.501 e. The average molecular weight is 322 g/mol. The molecule has 1 atom stereocenters. The van der Waals surface area contributed by atoms with E-state index in [1.54, 1.807) is 6.26 Å². The first-order valence-corrected chi connectivity index (χ1v) is 9.72. The molecule has 122 valence electrons. The van der Waals surface area contributed by atoms with E-state index in [-0.39, 0.29) is 0 Å². The summed E-state index contributed by atoms with van der Waals surface area (Å²) < 4.78 is 29.6. The van der Waals surface area contributed by atoms with Crippen molar-refractivity contribution in [2.75, 3.05) is 12.4 Å². The van der Waals surface area contributed by atoms with Crippen molar-refractivity contribution >= 4 is 15.4 Å². The highest BCUT2D eigenvalue weighted by atomic mass is 32.2. The van der Waals surface area contributed by atoms with Gasteiger partial charge in [-0.05, 0) is 50.2 Å². The van der Waals surface area contributed by atoms with Gasteiger partial charge in [-0.25, -0.2) is 8.42 Å². The highest BCUT2D eigenvalue weighted by molar-refractivity contribution is 7.93. The summed E-state index contributed by atoms with van der Waals surface area (Å²) in [6.07, 6.45) is 5.61. The maximum absolute atomic E-state index is 12.2. The van der Waals surface area contributed by atoms with Gasteiger partial charge in [0.25, 0.3) is 0 Å². The predicted octanol–water partition coefficient (Wildman–Crippen LogP) is 4.20. The zero-order valence-corrected chi connectivity index (χ0v) is 14.4. The largest absolute Gasteiger partial charge is 0.501 e. The second-order valence-corrected chi connectivity index (χ2v) is 8.60. The van der Waals surface area contributed by atoms with E-state index in [2.05, 4.69) is 0 Å². The van der Waals surface area contributed by atoms with Crippen LogP contribution < -0.4 is 0 Å². The molecule has 0 radical (unpaired) electrons. The Hall–Kier alpha value is -1.29. The first kappa shape index (κ1) is 17.1. The average Bonchev–Trinajstić information content (AvgIpc) is 2.82. The van der Waals surface area contributed by atoms with Crippen molar-refractivity contribution < 1.29 is 13.2 Å². The highest BCUT2D eigenvalue weighted by Crippen LogP contribution is 2.39. The standard InChI is InChI=1S/C18H26O3S/c1-3-18(12-8-14-22(18,19)20)11-7-13-21-15-16(2)17-9-5-4-6-10-17/h4-6,9-10,15H,3,7-8,11-14H2,1-2H3/b16-15-. The summed E-state index contributed by atoms with van der Waals surface area (Å²) in [5, 5.41) is 0. The van der Waals surface area contributed by atoms with Gasteiger partial charge in [0.1, 0.15) is 0 Å². The Kier molecular flexibility index (Phi) is 5.68. The molecule has 1 aliphatic heterocycles. The van der Waals surface area contributed by atoms with Crippen molar-refractivity contribution in [1.82, 2.24) is 0 Å². The molecule has 1 unspecified atom stereocenters. The third-order valence-corrected chi connectivity index (χ3v) is 7.58. The number of sulfone groups is 1. The normalized spacial score (nSPS) is 24.4. The van der Waals surface area contributed by atoms with Crippen LogP contribution in [-0.2, 0) is 14.6 Å². The molecular weight excluding hydrogens is 296 g/mol. The van der Waals surface area contributed by atoms with Gasteiger partial charge in [-0.15, -0.1) is 0 Å². The summed E-state index contributed by atoms with van der Waals surface area (Å²) in [6.45, 7) is 4.58. The van der Waals surface area contributed by atoms with Crippen LogP contribution in [0.15, 0.2) is 36.6 Å². The zero-order chi connectivity index (χ0) is 16.1. The zero-order valence-electron chi connectivity index (χ0n) is 13.5. The van der Waals surface area contributed by atoms with E-state index < -0.39 is 14.6 Å². The van der Waals surface area contributed by atoms with Gasteiger partial charge in [0.15, 0.2) is 9.84 Å². The lowest BCUT2D eigenvalue weighted by atomic mass is 9.95. The number of rotatable bonds is 7. The molecule has 2 rings (SSSR count). The minimum atomic E-state index is -2.92. The third-order valence-electron chi connectivity index (χ3n) is 4.73. The molecule has 1 saturated heterocycles. The fourth-order valence-corrected chi connectivity index (χ4v) is 5.55. The third kappa shape index (κ3) is 3.72. The summed E-state index contributed by atoms with van der Waals surface area (Å²) in [5.74, 6) is 0.356. The van der Waals surface area contributed by atoms with Crippen LogP contribution in [-0.4, -0.2) is 25.5 Å². The molecule has 22 heavy (non-hydrogen) atoms. The maximum Gasteiger partial charge on any atom is 0.155 e. The molecule has 3 nitrogen and oxygen atoms in total. The second kappa shape index (κ2) is 7.32. The van der Waals surface area contributed by atoms with Crippen molar-refractivity contribution in [2.45, 2.75) is 50.7 Å². The lowest BCUT2D eigenvalue weighted by molar-refractivity contribution is 0.235. The van der Waals surface area contributed by atoms with Crippen molar-refractivity contribution in [3.63, 3.8) is 0 Å². The van der Waals surface area contributed by atoms with Crippen LogP contribution in [0.3, 0.4) is 0 Å². The molecule has 1 fully saturated rings.